The molecule has 0 aliphatic rings. The van der Waals surface area contributed by atoms with Gasteiger partial charge in [-0.1, -0.05) is 41.9 Å². The summed E-state index contributed by atoms with van der Waals surface area (Å²) in [5.41, 5.74) is 3.71. The van der Waals surface area contributed by atoms with Gasteiger partial charge in [0.15, 0.2) is 0 Å². The summed E-state index contributed by atoms with van der Waals surface area (Å²) in [6, 6.07) is 25.1. The summed E-state index contributed by atoms with van der Waals surface area (Å²) in [6.45, 7) is 0.471. The number of aromatic nitrogens is 1. The quantitative estimate of drug-likeness (QED) is 0.305. The van der Waals surface area contributed by atoms with Crippen molar-refractivity contribution in [1.82, 2.24) is 4.98 Å². The molecule has 34 heavy (non-hydrogen) atoms. The van der Waals surface area contributed by atoms with Crippen LogP contribution >= 0.6 is 11.6 Å². The van der Waals surface area contributed by atoms with E-state index in [9.17, 15) is 14.7 Å². The molecule has 4 rings (SSSR count). The van der Waals surface area contributed by atoms with Crippen LogP contribution in [0.25, 0.3) is 0 Å². The fraction of sp³-hybridized carbons (Fsp3) is 0.0741. The third-order valence-corrected chi connectivity index (χ3v) is 5.67. The van der Waals surface area contributed by atoms with Gasteiger partial charge in [0.2, 0.25) is 5.78 Å². The summed E-state index contributed by atoms with van der Waals surface area (Å²) in [5.74, 6) is -1.46. The number of anilines is 3. The Labute approximate surface area is 202 Å². The highest BCUT2D eigenvalue weighted by molar-refractivity contribution is 6.30. The minimum absolute atomic E-state index is 0.0286. The normalized spacial score (nSPS) is 10.5. The standard InChI is InChI=1S/C27H22ClN3O3/c1-31(21-10-8-20(28)9-11-21)22-12-14-25(30-17-22)26(32)19-7-13-24(23(15-19)27(33)34)29-16-18-5-3-2-4-6-18/h2-15,17,29H,16H2,1H3,(H,33,34). The molecule has 6 nitrogen and oxygen atoms in total. The van der Waals surface area contributed by atoms with Gasteiger partial charge in [0.1, 0.15) is 5.69 Å². The molecule has 4 aromatic rings. The van der Waals surface area contributed by atoms with E-state index in [0.29, 0.717) is 17.3 Å². The number of ketones is 1. The zero-order chi connectivity index (χ0) is 24.1. The second kappa shape index (κ2) is 10.2. The van der Waals surface area contributed by atoms with Crippen molar-refractivity contribution >= 4 is 40.4 Å². The van der Waals surface area contributed by atoms with Crippen LogP contribution in [0.1, 0.15) is 32.0 Å². The van der Waals surface area contributed by atoms with Crippen LogP contribution in [0.5, 0.6) is 0 Å². The lowest BCUT2D eigenvalue weighted by molar-refractivity contribution is 0.0698. The molecule has 0 spiro atoms. The van der Waals surface area contributed by atoms with Gasteiger partial charge in [-0.3, -0.25) is 9.78 Å². The molecule has 2 N–H and O–H groups in total. The Morgan fingerprint density at radius 3 is 2.29 bits per heavy atom. The smallest absolute Gasteiger partial charge is 0.337 e. The number of carbonyl (C=O) groups is 2. The van der Waals surface area contributed by atoms with E-state index in [1.165, 1.54) is 6.07 Å². The molecule has 0 saturated carbocycles. The topological polar surface area (TPSA) is 82.5 Å². The highest BCUT2D eigenvalue weighted by Crippen LogP contribution is 2.25. The first-order valence-electron chi connectivity index (χ1n) is 10.6. The van der Waals surface area contributed by atoms with E-state index in [-0.39, 0.29) is 22.6 Å². The van der Waals surface area contributed by atoms with Crippen LogP contribution in [0.3, 0.4) is 0 Å². The lowest BCUT2D eigenvalue weighted by Crippen LogP contribution is -2.12. The molecule has 1 aromatic heterocycles. The minimum Gasteiger partial charge on any atom is -0.478 e. The second-order valence-corrected chi connectivity index (χ2v) is 8.11. The number of rotatable bonds is 8. The van der Waals surface area contributed by atoms with E-state index in [1.54, 1.807) is 42.6 Å². The van der Waals surface area contributed by atoms with Crippen molar-refractivity contribution < 1.29 is 14.7 Å². The Hall–Kier alpha value is -4.16. The van der Waals surface area contributed by atoms with Gasteiger partial charge in [0.25, 0.3) is 0 Å². The highest BCUT2D eigenvalue weighted by Gasteiger charge is 2.17. The van der Waals surface area contributed by atoms with Crippen molar-refractivity contribution in [3.05, 3.63) is 119 Å². The van der Waals surface area contributed by atoms with E-state index >= 15 is 0 Å². The SMILES string of the molecule is CN(c1ccc(Cl)cc1)c1ccc(C(=O)c2ccc(NCc3ccccc3)c(C(=O)O)c2)nc1. The maximum atomic E-state index is 13.0. The van der Waals surface area contributed by atoms with Gasteiger partial charge in [-0.15, -0.1) is 0 Å². The Balaban J connectivity index is 1.52. The van der Waals surface area contributed by atoms with Crippen molar-refractivity contribution in [3.63, 3.8) is 0 Å². The number of hydrogen-bond acceptors (Lipinski definition) is 5. The van der Waals surface area contributed by atoms with Crippen molar-refractivity contribution in [2.24, 2.45) is 0 Å². The molecule has 0 aliphatic heterocycles. The van der Waals surface area contributed by atoms with Crippen molar-refractivity contribution in [1.29, 1.82) is 0 Å². The van der Waals surface area contributed by atoms with Crippen LogP contribution in [0.2, 0.25) is 5.02 Å². The summed E-state index contributed by atoms with van der Waals surface area (Å²) in [7, 11) is 1.89. The average Bonchev–Trinajstić information content (AvgIpc) is 2.87. The first-order valence-corrected chi connectivity index (χ1v) is 11.0. The molecule has 0 saturated heterocycles. The van der Waals surface area contributed by atoms with Gasteiger partial charge in [-0.2, -0.15) is 0 Å². The average molecular weight is 472 g/mol. The number of hydrogen-bond donors (Lipinski definition) is 2. The molecular weight excluding hydrogens is 450 g/mol. The number of carboxylic acids is 1. The first-order chi connectivity index (χ1) is 16.4. The van der Waals surface area contributed by atoms with Crippen LogP contribution in [0.4, 0.5) is 17.1 Å². The predicted octanol–water partition coefficient (Wildman–Crippen LogP) is 6.04. The molecule has 170 valence electrons. The van der Waals surface area contributed by atoms with Crippen molar-refractivity contribution in [2.75, 3.05) is 17.3 Å². The molecular formula is C27H22ClN3O3. The predicted molar refractivity (Wildman–Crippen MR) is 134 cm³/mol. The van der Waals surface area contributed by atoms with Gasteiger partial charge in [0.05, 0.1) is 17.4 Å². The lowest BCUT2D eigenvalue weighted by Gasteiger charge is -2.19. The number of benzene rings is 3. The molecule has 0 bridgehead atoms. The minimum atomic E-state index is -1.11. The largest absolute Gasteiger partial charge is 0.478 e. The van der Waals surface area contributed by atoms with E-state index < -0.39 is 5.97 Å². The summed E-state index contributed by atoms with van der Waals surface area (Å²) in [4.78, 5) is 31.1. The molecule has 0 fully saturated rings. The zero-order valence-corrected chi connectivity index (χ0v) is 19.2. The number of aromatic carboxylic acids is 1. The molecule has 0 radical (unpaired) electrons. The number of nitrogens with one attached hydrogen (secondary N) is 1. The summed E-state index contributed by atoms with van der Waals surface area (Å²) < 4.78 is 0. The molecule has 0 unspecified atom stereocenters. The molecule has 0 aliphatic carbocycles. The zero-order valence-electron chi connectivity index (χ0n) is 18.4. The van der Waals surface area contributed by atoms with Crippen molar-refractivity contribution in [2.45, 2.75) is 6.54 Å². The van der Waals surface area contributed by atoms with E-state index in [0.717, 1.165) is 16.9 Å². The third kappa shape index (κ3) is 5.24. The Bertz CT molecular complexity index is 1310. The van der Waals surface area contributed by atoms with E-state index in [1.807, 2.05) is 54.4 Å². The number of halogens is 1. The monoisotopic (exact) mass is 471 g/mol. The van der Waals surface area contributed by atoms with Gasteiger partial charge in [-0.25, -0.2) is 4.79 Å². The number of nitrogens with zero attached hydrogens (tertiary/aromatic N) is 2. The van der Waals surface area contributed by atoms with E-state index in [2.05, 4.69) is 10.3 Å². The Morgan fingerprint density at radius 1 is 0.941 bits per heavy atom. The maximum absolute atomic E-state index is 13.0. The summed E-state index contributed by atoms with van der Waals surface area (Å²) in [5, 5.41) is 13.5. The first kappa shape index (κ1) is 23.0. The number of carboxylic acid groups (broad SMARTS) is 1. The van der Waals surface area contributed by atoms with E-state index in [4.69, 9.17) is 11.6 Å². The lowest BCUT2D eigenvalue weighted by atomic mass is 10.0. The van der Waals surface area contributed by atoms with Crippen LogP contribution in [-0.4, -0.2) is 28.9 Å². The number of carbonyl (C=O) groups excluding carboxylic acids is 1. The van der Waals surface area contributed by atoms with Gasteiger partial charge >= 0.3 is 5.97 Å². The maximum Gasteiger partial charge on any atom is 0.337 e. The molecule has 3 aromatic carbocycles. The van der Waals surface area contributed by atoms with Crippen molar-refractivity contribution in [3.8, 4) is 0 Å². The fourth-order valence-corrected chi connectivity index (χ4v) is 3.62. The summed E-state index contributed by atoms with van der Waals surface area (Å²) in [6.07, 6.45) is 1.61. The van der Waals surface area contributed by atoms with Gasteiger partial charge in [0, 0.05) is 35.6 Å². The molecule has 1 heterocycles. The van der Waals surface area contributed by atoms with Crippen LogP contribution in [0.15, 0.2) is 91.1 Å². The third-order valence-electron chi connectivity index (χ3n) is 5.42. The molecule has 7 heteroatoms. The van der Waals surface area contributed by atoms with Crippen LogP contribution in [0, 0.1) is 0 Å². The molecule has 0 amide bonds. The highest BCUT2D eigenvalue weighted by atomic mass is 35.5. The summed E-state index contributed by atoms with van der Waals surface area (Å²) >= 11 is 5.95. The number of pyridine rings is 1. The molecule has 0 atom stereocenters. The Kier molecular flexibility index (Phi) is 6.90. The van der Waals surface area contributed by atoms with Crippen LogP contribution < -0.4 is 10.2 Å². The van der Waals surface area contributed by atoms with Gasteiger partial charge in [-0.05, 0) is 60.2 Å². The second-order valence-electron chi connectivity index (χ2n) is 7.67. The fourth-order valence-electron chi connectivity index (χ4n) is 3.49. The van der Waals surface area contributed by atoms with Gasteiger partial charge < -0.3 is 15.3 Å². The Morgan fingerprint density at radius 2 is 1.65 bits per heavy atom. The van der Waals surface area contributed by atoms with Crippen LogP contribution in [-0.2, 0) is 6.54 Å².